The Morgan fingerprint density at radius 3 is 3.00 bits per heavy atom. The molecule has 74 valence electrons. The van der Waals surface area contributed by atoms with Gasteiger partial charge >= 0.3 is 6.09 Å². The van der Waals surface area contributed by atoms with Crippen LogP contribution in [0.15, 0.2) is 0 Å². The minimum Gasteiger partial charge on any atom is -0.444 e. The quantitative estimate of drug-likeness (QED) is 0.656. The number of ether oxygens (including phenoxy) is 1. The molecule has 1 amide bonds. The van der Waals surface area contributed by atoms with Crippen LogP contribution in [0.2, 0.25) is 0 Å². The SMILES string of the molecule is CCCN1C(=O)O[C@H]2CCCC[C@H]21. The van der Waals surface area contributed by atoms with Crippen LogP contribution in [0.3, 0.4) is 0 Å². The molecule has 0 radical (unpaired) electrons. The second kappa shape index (κ2) is 3.56. The second-order valence-electron chi connectivity index (χ2n) is 3.97. The van der Waals surface area contributed by atoms with Crippen LogP contribution in [-0.4, -0.2) is 29.7 Å². The van der Waals surface area contributed by atoms with E-state index in [2.05, 4.69) is 6.92 Å². The maximum atomic E-state index is 11.4. The van der Waals surface area contributed by atoms with Gasteiger partial charge < -0.3 is 9.64 Å². The van der Waals surface area contributed by atoms with Gasteiger partial charge in [0.1, 0.15) is 6.10 Å². The lowest BCUT2D eigenvalue weighted by molar-refractivity contribution is 0.113. The molecule has 0 aromatic heterocycles. The fourth-order valence-electron chi connectivity index (χ4n) is 2.40. The number of nitrogens with zero attached hydrogens (tertiary/aromatic N) is 1. The molecule has 2 fully saturated rings. The van der Waals surface area contributed by atoms with Gasteiger partial charge in [-0.1, -0.05) is 13.3 Å². The summed E-state index contributed by atoms with van der Waals surface area (Å²) in [4.78, 5) is 13.4. The van der Waals surface area contributed by atoms with Crippen molar-refractivity contribution in [3.05, 3.63) is 0 Å². The van der Waals surface area contributed by atoms with Gasteiger partial charge in [0, 0.05) is 6.54 Å². The first-order valence-electron chi connectivity index (χ1n) is 5.30. The lowest BCUT2D eigenvalue weighted by Gasteiger charge is -2.27. The zero-order valence-electron chi connectivity index (χ0n) is 8.16. The van der Waals surface area contributed by atoms with Gasteiger partial charge in [-0.3, -0.25) is 0 Å². The molecule has 13 heavy (non-hydrogen) atoms. The number of fused-ring (bicyclic) bond motifs is 1. The van der Waals surface area contributed by atoms with Crippen LogP contribution >= 0.6 is 0 Å². The van der Waals surface area contributed by atoms with Crippen LogP contribution in [0.1, 0.15) is 39.0 Å². The summed E-state index contributed by atoms with van der Waals surface area (Å²) in [5.74, 6) is 0. The van der Waals surface area contributed by atoms with Crippen LogP contribution < -0.4 is 0 Å². The minimum absolute atomic E-state index is 0.0845. The number of hydrogen-bond acceptors (Lipinski definition) is 2. The van der Waals surface area contributed by atoms with Gasteiger partial charge in [-0.15, -0.1) is 0 Å². The summed E-state index contributed by atoms with van der Waals surface area (Å²) in [6.07, 6.45) is 5.81. The summed E-state index contributed by atoms with van der Waals surface area (Å²) in [5.41, 5.74) is 0. The number of carbonyl (C=O) groups is 1. The van der Waals surface area contributed by atoms with Gasteiger partial charge in [-0.25, -0.2) is 4.79 Å². The zero-order chi connectivity index (χ0) is 9.26. The van der Waals surface area contributed by atoms with Gasteiger partial charge in [0.15, 0.2) is 0 Å². The number of hydrogen-bond donors (Lipinski definition) is 0. The van der Waals surface area contributed by atoms with E-state index >= 15 is 0 Å². The van der Waals surface area contributed by atoms with E-state index in [0.29, 0.717) is 6.04 Å². The van der Waals surface area contributed by atoms with E-state index in [-0.39, 0.29) is 12.2 Å². The van der Waals surface area contributed by atoms with Crippen molar-refractivity contribution >= 4 is 6.09 Å². The molecule has 1 aliphatic carbocycles. The number of amides is 1. The van der Waals surface area contributed by atoms with Gasteiger partial charge in [0.25, 0.3) is 0 Å². The molecule has 2 atom stereocenters. The van der Waals surface area contributed by atoms with Crippen molar-refractivity contribution in [3.63, 3.8) is 0 Å². The highest BCUT2D eigenvalue weighted by Crippen LogP contribution is 2.31. The Bertz CT molecular complexity index is 205. The number of rotatable bonds is 2. The summed E-state index contributed by atoms with van der Waals surface area (Å²) in [6.45, 7) is 2.96. The van der Waals surface area contributed by atoms with Crippen molar-refractivity contribution in [2.75, 3.05) is 6.54 Å². The highest BCUT2D eigenvalue weighted by Gasteiger charge is 2.41. The Morgan fingerprint density at radius 1 is 1.46 bits per heavy atom. The molecule has 0 aromatic carbocycles. The van der Waals surface area contributed by atoms with Crippen LogP contribution in [-0.2, 0) is 4.74 Å². The largest absolute Gasteiger partial charge is 0.444 e. The van der Waals surface area contributed by atoms with Crippen LogP contribution in [0, 0.1) is 0 Å². The van der Waals surface area contributed by atoms with E-state index in [4.69, 9.17) is 4.74 Å². The van der Waals surface area contributed by atoms with Gasteiger partial charge in [-0.2, -0.15) is 0 Å². The Balaban J connectivity index is 2.04. The lowest BCUT2D eigenvalue weighted by Crippen LogP contribution is -2.38. The van der Waals surface area contributed by atoms with Crippen molar-refractivity contribution in [3.8, 4) is 0 Å². The summed E-state index contributed by atoms with van der Waals surface area (Å²) in [6, 6.07) is 0.390. The topological polar surface area (TPSA) is 29.5 Å². The predicted molar refractivity (Wildman–Crippen MR) is 49.5 cm³/mol. The van der Waals surface area contributed by atoms with E-state index in [1.54, 1.807) is 0 Å². The summed E-state index contributed by atoms with van der Waals surface area (Å²) < 4.78 is 5.32. The average Bonchev–Trinajstić information content (AvgIpc) is 2.44. The highest BCUT2D eigenvalue weighted by molar-refractivity contribution is 5.70. The van der Waals surface area contributed by atoms with Crippen molar-refractivity contribution in [1.29, 1.82) is 0 Å². The smallest absolute Gasteiger partial charge is 0.410 e. The van der Waals surface area contributed by atoms with Crippen LogP contribution in [0.5, 0.6) is 0 Å². The molecule has 2 rings (SSSR count). The predicted octanol–water partition coefficient (Wildman–Crippen LogP) is 2.16. The van der Waals surface area contributed by atoms with E-state index in [0.717, 1.165) is 25.8 Å². The standard InChI is InChI=1S/C10H17NO2/c1-2-7-11-8-5-3-4-6-9(8)13-10(11)12/h8-9H,2-7H2,1H3/t8-,9+/m1/s1. The first-order chi connectivity index (χ1) is 6.33. The van der Waals surface area contributed by atoms with Crippen LogP contribution in [0.25, 0.3) is 0 Å². The van der Waals surface area contributed by atoms with Gasteiger partial charge in [0.2, 0.25) is 0 Å². The van der Waals surface area contributed by atoms with Crippen molar-refractivity contribution in [2.45, 2.75) is 51.2 Å². The highest BCUT2D eigenvalue weighted by atomic mass is 16.6. The third-order valence-corrected chi connectivity index (χ3v) is 3.02. The molecule has 3 heteroatoms. The Labute approximate surface area is 79.0 Å². The van der Waals surface area contributed by atoms with E-state index in [1.165, 1.54) is 12.8 Å². The molecule has 0 bridgehead atoms. The summed E-state index contributed by atoms with van der Waals surface area (Å²) in [7, 11) is 0. The molecular formula is C10H17NO2. The lowest BCUT2D eigenvalue weighted by atomic mass is 9.92. The van der Waals surface area contributed by atoms with Gasteiger partial charge in [-0.05, 0) is 25.7 Å². The van der Waals surface area contributed by atoms with Crippen molar-refractivity contribution in [1.82, 2.24) is 4.90 Å². The Hall–Kier alpha value is -0.730. The fourth-order valence-corrected chi connectivity index (χ4v) is 2.40. The molecule has 1 heterocycles. The molecule has 0 spiro atoms. The van der Waals surface area contributed by atoms with Crippen molar-refractivity contribution in [2.24, 2.45) is 0 Å². The first kappa shape index (κ1) is 8.85. The minimum atomic E-state index is -0.0845. The summed E-state index contributed by atoms with van der Waals surface area (Å²) >= 11 is 0. The fraction of sp³-hybridized carbons (Fsp3) is 0.900. The van der Waals surface area contributed by atoms with E-state index < -0.39 is 0 Å². The van der Waals surface area contributed by atoms with Gasteiger partial charge in [0.05, 0.1) is 6.04 Å². The molecule has 3 nitrogen and oxygen atoms in total. The molecule has 1 saturated carbocycles. The molecule has 0 N–H and O–H groups in total. The summed E-state index contributed by atoms with van der Waals surface area (Å²) in [5, 5.41) is 0. The molecule has 0 aromatic rings. The number of carbonyl (C=O) groups excluding carboxylic acids is 1. The third-order valence-electron chi connectivity index (χ3n) is 3.02. The monoisotopic (exact) mass is 183 g/mol. The zero-order valence-corrected chi connectivity index (χ0v) is 8.16. The first-order valence-corrected chi connectivity index (χ1v) is 5.30. The molecular weight excluding hydrogens is 166 g/mol. The molecule has 0 unspecified atom stereocenters. The van der Waals surface area contributed by atoms with E-state index in [9.17, 15) is 4.79 Å². The van der Waals surface area contributed by atoms with Crippen molar-refractivity contribution < 1.29 is 9.53 Å². The molecule has 2 aliphatic rings. The Morgan fingerprint density at radius 2 is 2.23 bits per heavy atom. The average molecular weight is 183 g/mol. The maximum Gasteiger partial charge on any atom is 0.410 e. The van der Waals surface area contributed by atoms with E-state index in [1.807, 2.05) is 4.90 Å². The van der Waals surface area contributed by atoms with Crippen LogP contribution in [0.4, 0.5) is 4.79 Å². The normalized spacial score (nSPS) is 33.0. The second-order valence-corrected chi connectivity index (χ2v) is 3.97. The molecule has 1 aliphatic heterocycles. The maximum absolute atomic E-state index is 11.4. The molecule has 1 saturated heterocycles. The Kier molecular flexibility index (Phi) is 2.42. The third kappa shape index (κ3) is 1.52.